The lowest BCUT2D eigenvalue weighted by molar-refractivity contribution is 0.0905. The van der Waals surface area contributed by atoms with E-state index >= 15 is 0 Å². The van der Waals surface area contributed by atoms with Gasteiger partial charge in [0.2, 0.25) is 10.0 Å². The summed E-state index contributed by atoms with van der Waals surface area (Å²) < 4.78 is 31.1. The molecule has 1 rings (SSSR count). The third-order valence-electron chi connectivity index (χ3n) is 3.25. The Morgan fingerprint density at radius 3 is 2.37 bits per heavy atom. The van der Waals surface area contributed by atoms with Crippen LogP contribution in [0.2, 0.25) is 0 Å². The van der Waals surface area contributed by atoms with Crippen molar-refractivity contribution in [2.24, 2.45) is 5.92 Å². The largest absolute Gasteiger partial charge is 0.378 e. The van der Waals surface area contributed by atoms with E-state index in [0.29, 0.717) is 19.0 Å². The first-order valence-electron chi connectivity index (χ1n) is 6.69. The first kappa shape index (κ1) is 19.1. The second-order valence-electron chi connectivity index (χ2n) is 5.14. The molecule has 1 aliphatic heterocycles. The Hall–Kier alpha value is 0.120. The van der Waals surface area contributed by atoms with Gasteiger partial charge in [-0.15, -0.1) is 12.4 Å². The Bertz CT molecular complexity index is 328. The lowest BCUT2D eigenvalue weighted by Crippen LogP contribution is -2.42. The highest BCUT2D eigenvalue weighted by molar-refractivity contribution is 7.89. The molecule has 1 heterocycles. The molecule has 5 nitrogen and oxygen atoms in total. The Labute approximate surface area is 123 Å². The molecule has 0 radical (unpaired) electrons. The zero-order valence-electron chi connectivity index (χ0n) is 12.1. The van der Waals surface area contributed by atoms with E-state index in [4.69, 9.17) is 4.74 Å². The molecule has 1 N–H and O–H groups in total. The molecule has 1 aliphatic rings. The summed E-state index contributed by atoms with van der Waals surface area (Å²) >= 11 is 0. The summed E-state index contributed by atoms with van der Waals surface area (Å²) in [4.78, 5) is 0. The molecule has 0 aromatic heterocycles. The number of nitrogens with zero attached hydrogens (tertiary/aromatic N) is 1. The van der Waals surface area contributed by atoms with Gasteiger partial charge in [-0.25, -0.2) is 12.7 Å². The average Bonchev–Trinajstić information content (AvgIpc) is 2.29. The predicted molar refractivity (Wildman–Crippen MR) is 80.3 cm³/mol. The first-order chi connectivity index (χ1) is 8.45. The lowest BCUT2D eigenvalue weighted by Gasteiger charge is -2.31. The fourth-order valence-electron chi connectivity index (χ4n) is 2.20. The normalized spacial score (nSPS) is 18.5. The Kier molecular flexibility index (Phi) is 9.19. The van der Waals surface area contributed by atoms with Gasteiger partial charge in [0, 0.05) is 13.1 Å². The van der Waals surface area contributed by atoms with Gasteiger partial charge in [0.05, 0.1) is 18.5 Å². The molecule has 0 unspecified atom stereocenters. The van der Waals surface area contributed by atoms with Gasteiger partial charge in [0.25, 0.3) is 0 Å². The summed E-state index contributed by atoms with van der Waals surface area (Å²) in [5.74, 6) is 0.704. The monoisotopic (exact) mass is 314 g/mol. The van der Waals surface area contributed by atoms with Crippen LogP contribution >= 0.6 is 12.4 Å². The van der Waals surface area contributed by atoms with Crippen LogP contribution in [0.15, 0.2) is 0 Å². The molecule has 7 heteroatoms. The third kappa shape index (κ3) is 6.90. The first-order valence-corrected chi connectivity index (χ1v) is 8.30. The fourth-order valence-corrected chi connectivity index (χ4v) is 3.53. The highest BCUT2D eigenvalue weighted by Gasteiger charge is 2.27. The van der Waals surface area contributed by atoms with E-state index in [1.54, 1.807) is 4.31 Å². The maximum Gasteiger partial charge on any atom is 0.216 e. The second-order valence-corrected chi connectivity index (χ2v) is 7.22. The standard InChI is InChI=1S/C12H26N2O3S.ClH/c1-11(2)17-8-9-18(15,16)14-6-4-12(5-7-14)10-13-3;/h11-13H,4-10H2,1-3H3;1H. The number of sulfonamides is 1. The maximum absolute atomic E-state index is 12.1. The fraction of sp³-hybridized carbons (Fsp3) is 1.00. The molecule has 0 aliphatic carbocycles. The van der Waals surface area contributed by atoms with E-state index in [9.17, 15) is 8.42 Å². The number of rotatable bonds is 7. The van der Waals surface area contributed by atoms with Crippen LogP contribution < -0.4 is 5.32 Å². The van der Waals surface area contributed by atoms with Crippen molar-refractivity contribution in [2.75, 3.05) is 39.0 Å². The predicted octanol–water partition coefficient (Wildman–Crippen LogP) is 1.09. The van der Waals surface area contributed by atoms with Crippen molar-refractivity contribution < 1.29 is 13.2 Å². The molecule has 0 aromatic carbocycles. The number of nitrogens with one attached hydrogen (secondary N) is 1. The molecule has 0 atom stereocenters. The van der Waals surface area contributed by atoms with E-state index in [1.807, 2.05) is 20.9 Å². The van der Waals surface area contributed by atoms with Crippen molar-refractivity contribution >= 4 is 22.4 Å². The molecule has 0 spiro atoms. The summed E-state index contributed by atoms with van der Waals surface area (Å²) in [5.41, 5.74) is 0. The van der Waals surface area contributed by atoms with Crippen molar-refractivity contribution in [3.05, 3.63) is 0 Å². The van der Waals surface area contributed by atoms with E-state index < -0.39 is 10.0 Å². The van der Waals surface area contributed by atoms with Crippen molar-refractivity contribution in [2.45, 2.75) is 32.8 Å². The van der Waals surface area contributed by atoms with Crippen LogP contribution in [0.3, 0.4) is 0 Å². The van der Waals surface area contributed by atoms with Gasteiger partial charge in [-0.05, 0) is 46.2 Å². The smallest absolute Gasteiger partial charge is 0.216 e. The van der Waals surface area contributed by atoms with Gasteiger partial charge in [-0.2, -0.15) is 0 Å². The minimum absolute atomic E-state index is 0. The van der Waals surface area contributed by atoms with Crippen LogP contribution in [0.1, 0.15) is 26.7 Å². The van der Waals surface area contributed by atoms with E-state index in [0.717, 1.165) is 19.4 Å². The highest BCUT2D eigenvalue weighted by Crippen LogP contribution is 2.19. The van der Waals surface area contributed by atoms with Crippen molar-refractivity contribution in [1.29, 1.82) is 0 Å². The van der Waals surface area contributed by atoms with E-state index in [1.165, 1.54) is 0 Å². The molecular formula is C12H27ClN2O3S. The summed E-state index contributed by atoms with van der Waals surface area (Å²) in [7, 11) is -1.19. The van der Waals surface area contributed by atoms with Gasteiger partial charge in [-0.1, -0.05) is 0 Å². The molecule has 1 fully saturated rings. The van der Waals surface area contributed by atoms with Crippen LogP contribution in [0.4, 0.5) is 0 Å². The molecule has 1 saturated heterocycles. The van der Waals surface area contributed by atoms with Gasteiger partial charge in [0.15, 0.2) is 0 Å². The molecule has 19 heavy (non-hydrogen) atoms. The second kappa shape index (κ2) is 9.13. The topological polar surface area (TPSA) is 58.6 Å². The van der Waals surface area contributed by atoms with Crippen LogP contribution in [-0.2, 0) is 14.8 Å². The Morgan fingerprint density at radius 1 is 1.32 bits per heavy atom. The number of piperidine rings is 1. The number of hydrogen-bond donors (Lipinski definition) is 1. The van der Waals surface area contributed by atoms with Crippen LogP contribution in [-0.4, -0.2) is 57.9 Å². The van der Waals surface area contributed by atoms with Gasteiger partial charge in [-0.3, -0.25) is 0 Å². The summed E-state index contributed by atoms with van der Waals surface area (Å²) in [6.07, 6.45) is 1.98. The number of ether oxygens (including phenoxy) is 1. The summed E-state index contributed by atoms with van der Waals surface area (Å²) in [6.45, 7) is 6.39. The summed E-state index contributed by atoms with van der Waals surface area (Å²) in [5, 5.41) is 3.15. The van der Waals surface area contributed by atoms with E-state index in [-0.39, 0.29) is 30.9 Å². The molecule has 0 bridgehead atoms. The highest BCUT2D eigenvalue weighted by atomic mass is 35.5. The minimum Gasteiger partial charge on any atom is -0.378 e. The SMILES string of the molecule is CNCC1CCN(S(=O)(=O)CCOC(C)C)CC1.Cl. The van der Waals surface area contributed by atoms with Crippen LogP contribution in [0.5, 0.6) is 0 Å². The average molecular weight is 315 g/mol. The molecule has 116 valence electrons. The van der Waals surface area contributed by atoms with E-state index in [2.05, 4.69) is 5.32 Å². The van der Waals surface area contributed by atoms with Gasteiger partial charge in [0.1, 0.15) is 0 Å². The maximum atomic E-state index is 12.1. The zero-order chi connectivity index (χ0) is 13.6. The van der Waals surface area contributed by atoms with Gasteiger partial charge < -0.3 is 10.1 Å². The zero-order valence-corrected chi connectivity index (χ0v) is 13.7. The molecule has 0 amide bonds. The van der Waals surface area contributed by atoms with Crippen LogP contribution in [0, 0.1) is 5.92 Å². The van der Waals surface area contributed by atoms with Crippen LogP contribution in [0.25, 0.3) is 0 Å². The third-order valence-corrected chi connectivity index (χ3v) is 5.09. The number of halogens is 1. The van der Waals surface area contributed by atoms with Crippen molar-refractivity contribution in [3.8, 4) is 0 Å². The van der Waals surface area contributed by atoms with Gasteiger partial charge >= 0.3 is 0 Å². The molecule has 0 saturated carbocycles. The summed E-state index contributed by atoms with van der Waals surface area (Å²) in [6, 6.07) is 0. The lowest BCUT2D eigenvalue weighted by atomic mass is 9.98. The number of hydrogen-bond acceptors (Lipinski definition) is 4. The Morgan fingerprint density at radius 2 is 1.89 bits per heavy atom. The van der Waals surface area contributed by atoms with Crippen molar-refractivity contribution in [3.63, 3.8) is 0 Å². The quantitative estimate of drug-likeness (QED) is 0.764. The molecular weight excluding hydrogens is 288 g/mol. The van der Waals surface area contributed by atoms with Crippen molar-refractivity contribution in [1.82, 2.24) is 9.62 Å². The minimum atomic E-state index is -3.13. The molecule has 0 aromatic rings. The Balaban J connectivity index is 0.00000324.